The van der Waals surface area contributed by atoms with Crippen LogP contribution in [0.3, 0.4) is 0 Å². The van der Waals surface area contributed by atoms with Crippen molar-refractivity contribution in [2.24, 2.45) is 0 Å². The minimum absolute atomic E-state index is 0.591. The first kappa shape index (κ1) is 12.8. The first-order valence-electron chi connectivity index (χ1n) is 5.63. The van der Waals surface area contributed by atoms with E-state index in [2.05, 4.69) is 62.7 Å². The molecule has 84 valence electrons. The topological polar surface area (TPSA) is 0 Å². The largest absolute Gasteiger partial charge is 0.0893 e. The molecule has 0 radical (unpaired) electrons. The standard InChI is InChI=1S/C14H21Br/c1-9-6-11(3)14(8-10(9)2)12(4)7-13(5)15/h6,8,12-13H,7H2,1-5H3. The zero-order chi connectivity index (χ0) is 11.6. The molecular formula is C14H21Br. The second kappa shape index (κ2) is 5.16. The lowest BCUT2D eigenvalue weighted by Gasteiger charge is -2.18. The summed E-state index contributed by atoms with van der Waals surface area (Å²) in [4.78, 5) is 0.591. The molecule has 2 unspecified atom stereocenters. The first-order chi connectivity index (χ1) is 6.91. The molecule has 0 aliphatic rings. The lowest BCUT2D eigenvalue weighted by Crippen LogP contribution is -2.03. The highest BCUT2D eigenvalue weighted by molar-refractivity contribution is 9.09. The van der Waals surface area contributed by atoms with Gasteiger partial charge in [0.25, 0.3) is 0 Å². The van der Waals surface area contributed by atoms with Gasteiger partial charge in [0.1, 0.15) is 0 Å². The number of benzene rings is 1. The monoisotopic (exact) mass is 268 g/mol. The summed E-state index contributed by atoms with van der Waals surface area (Å²) in [5.74, 6) is 0.638. The Kier molecular flexibility index (Phi) is 4.39. The van der Waals surface area contributed by atoms with Crippen molar-refractivity contribution in [2.75, 3.05) is 0 Å². The molecule has 0 spiro atoms. The summed E-state index contributed by atoms with van der Waals surface area (Å²) in [6.07, 6.45) is 1.20. The molecule has 2 atom stereocenters. The molecule has 0 saturated heterocycles. The maximum Gasteiger partial charge on any atom is 0.0123 e. The van der Waals surface area contributed by atoms with Crippen molar-refractivity contribution in [1.82, 2.24) is 0 Å². The van der Waals surface area contributed by atoms with Crippen LogP contribution in [0, 0.1) is 20.8 Å². The molecule has 1 heteroatoms. The van der Waals surface area contributed by atoms with Gasteiger partial charge in [0.2, 0.25) is 0 Å². The van der Waals surface area contributed by atoms with Gasteiger partial charge in [-0.3, -0.25) is 0 Å². The molecule has 1 aromatic carbocycles. The molecule has 0 aromatic heterocycles. The third-order valence-corrected chi connectivity index (χ3v) is 3.47. The summed E-state index contributed by atoms with van der Waals surface area (Å²) in [5, 5.41) is 0. The van der Waals surface area contributed by atoms with Gasteiger partial charge in [-0.25, -0.2) is 0 Å². The molecule has 0 aliphatic carbocycles. The summed E-state index contributed by atoms with van der Waals surface area (Å²) in [6.45, 7) is 11.1. The fraction of sp³-hybridized carbons (Fsp3) is 0.571. The number of halogens is 1. The Morgan fingerprint density at radius 3 is 2.07 bits per heavy atom. The third-order valence-electron chi connectivity index (χ3n) is 3.09. The second-order valence-corrected chi connectivity index (χ2v) is 6.27. The average Bonchev–Trinajstić information content (AvgIpc) is 2.09. The number of hydrogen-bond donors (Lipinski definition) is 0. The summed E-state index contributed by atoms with van der Waals surface area (Å²) in [5.41, 5.74) is 5.74. The third kappa shape index (κ3) is 3.34. The summed E-state index contributed by atoms with van der Waals surface area (Å²) in [6, 6.07) is 4.66. The van der Waals surface area contributed by atoms with Crippen molar-refractivity contribution in [3.63, 3.8) is 0 Å². The number of aryl methyl sites for hydroxylation is 3. The van der Waals surface area contributed by atoms with Crippen molar-refractivity contribution in [3.8, 4) is 0 Å². The van der Waals surface area contributed by atoms with E-state index >= 15 is 0 Å². The van der Waals surface area contributed by atoms with Gasteiger partial charge < -0.3 is 0 Å². The van der Waals surface area contributed by atoms with E-state index in [0.29, 0.717) is 10.7 Å². The SMILES string of the molecule is Cc1cc(C)c(C(C)CC(C)Br)cc1C. The Morgan fingerprint density at radius 2 is 1.53 bits per heavy atom. The fourth-order valence-corrected chi connectivity index (χ4v) is 2.69. The molecule has 0 heterocycles. The summed E-state index contributed by atoms with van der Waals surface area (Å²) >= 11 is 3.63. The Bertz CT molecular complexity index is 339. The van der Waals surface area contributed by atoms with E-state index in [4.69, 9.17) is 0 Å². The van der Waals surface area contributed by atoms with Crippen molar-refractivity contribution < 1.29 is 0 Å². The molecule has 1 rings (SSSR count). The van der Waals surface area contributed by atoms with Crippen molar-refractivity contribution in [1.29, 1.82) is 0 Å². The molecule has 0 nitrogen and oxygen atoms in total. The van der Waals surface area contributed by atoms with Crippen LogP contribution in [0.1, 0.15) is 48.4 Å². The van der Waals surface area contributed by atoms with Crippen LogP contribution in [0.25, 0.3) is 0 Å². The molecule has 0 fully saturated rings. The molecule has 15 heavy (non-hydrogen) atoms. The predicted octanol–water partition coefficient (Wildman–Crippen LogP) is 4.89. The fourth-order valence-electron chi connectivity index (χ4n) is 2.13. The van der Waals surface area contributed by atoms with E-state index < -0.39 is 0 Å². The van der Waals surface area contributed by atoms with Crippen LogP contribution < -0.4 is 0 Å². The second-order valence-electron chi connectivity index (χ2n) is 4.71. The van der Waals surface area contributed by atoms with Crippen LogP contribution in [0.15, 0.2) is 12.1 Å². The van der Waals surface area contributed by atoms with Gasteiger partial charge in [-0.05, 0) is 55.4 Å². The van der Waals surface area contributed by atoms with E-state index in [1.54, 1.807) is 0 Å². The van der Waals surface area contributed by atoms with Crippen molar-refractivity contribution in [2.45, 2.75) is 51.8 Å². The van der Waals surface area contributed by atoms with Crippen LogP contribution >= 0.6 is 15.9 Å². The van der Waals surface area contributed by atoms with Crippen LogP contribution in [-0.2, 0) is 0 Å². The zero-order valence-corrected chi connectivity index (χ0v) is 12.0. The summed E-state index contributed by atoms with van der Waals surface area (Å²) < 4.78 is 0. The molecule has 0 saturated carbocycles. The van der Waals surface area contributed by atoms with Crippen molar-refractivity contribution in [3.05, 3.63) is 34.4 Å². The molecule has 0 bridgehead atoms. The van der Waals surface area contributed by atoms with Gasteiger partial charge in [0.15, 0.2) is 0 Å². The van der Waals surface area contributed by atoms with Crippen molar-refractivity contribution >= 4 is 15.9 Å². The van der Waals surface area contributed by atoms with E-state index in [1.165, 1.54) is 28.7 Å². The Morgan fingerprint density at radius 1 is 1.00 bits per heavy atom. The van der Waals surface area contributed by atoms with Crippen LogP contribution in [0.5, 0.6) is 0 Å². The normalized spacial score (nSPS) is 15.1. The first-order valence-corrected chi connectivity index (χ1v) is 6.55. The smallest absolute Gasteiger partial charge is 0.0123 e. The number of rotatable bonds is 3. The molecule has 1 aromatic rings. The van der Waals surface area contributed by atoms with Gasteiger partial charge >= 0.3 is 0 Å². The van der Waals surface area contributed by atoms with Gasteiger partial charge in [-0.1, -0.05) is 41.9 Å². The van der Waals surface area contributed by atoms with Crippen LogP contribution in [-0.4, -0.2) is 4.83 Å². The zero-order valence-electron chi connectivity index (χ0n) is 10.4. The lowest BCUT2D eigenvalue weighted by atomic mass is 9.90. The highest BCUT2D eigenvalue weighted by atomic mass is 79.9. The number of hydrogen-bond acceptors (Lipinski definition) is 0. The molecule has 0 N–H and O–H groups in total. The Labute approximate surface area is 102 Å². The molecule has 0 aliphatic heterocycles. The van der Waals surface area contributed by atoms with Gasteiger partial charge in [-0.2, -0.15) is 0 Å². The van der Waals surface area contributed by atoms with E-state index in [-0.39, 0.29) is 0 Å². The highest BCUT2D eigenvalue weighted by Gasteiger charge is 2.12. The minimum atomic E-state index is 0.591. The van der Waals surface area contributed by atoms with E-state index in [9.17, 15) is 0 Å². The Balaban J connectivity index is 2.98. The van der Waals surface area contributed by atoms with E-state index in [0.717, 1.165) is 0 Å². The van der Waals surface area contributed by atoms with Gasteiger partial charge in [0.05, 0.1) is 0 Å². The van der Waals surface area contributed by atoms with E-state index in [1.807, 2.05) is 0 Å². The lowest BCUT2D eigenvalue weighted by molar-refractivity contribution is 0.677. The molecule has 0 amide bonds. The van der Waals surface area contributed by atoms with Crippen LogP contribution in [0.2, 0.25) is 0 Å². The maximum absolute atomic E-state index is 3.63. The van der Waals surface area contributed by atoms with Crippen LogP contribution in [0.4, 0.5) is 0 Å². The summed E-state index contributed by atoms with van der Waals surface area (Å²) in [7, 11) is 0. The molecular weight excluding hydrogens is 248 g/mol. The average molecular weight is 269 g/mol. The maximum atomic E-state index is 3.63. The van der Waals surface area contributed by atoms with Gasteiger partial charge in [-0.15, -0.1) is 0 Å². The van der Waals surface area contributed by atoms with Gasteiger partial charge in [0, 0.05) is 4.83 Å². The number of alkyl halides is 1. The Hall–Kier alpha value is -0.300. The highest BCUT2D eigenvalue weighted by Crippen LogP contribution is 2.28. The minimum Gasteiger partial charge on any atom is -0.0893 e. The quantitative estimate of drug-likeness (QED) is 0.685. The predicted molar refractivity (Wildman–Crippen MR) is 72.1 cm³/mol.